The summed E-state index contributed by atoms with van der Waals surface area (Å²) in [5.41, 5.74) is 5.83. The monoisotopic (exact) mass is 212 g/mol. The Morgan fingerprint density at radius 1 is 1.33 bits per heavy atom. The van der Waals surface area contributed by atoms with Crippen LogP contribution in [0.25, 0.3) is 0 Å². The molecule has 15 heavy (non-hydrogen) atoms. The van der Waals surface area contributed by atoms with Gasteiger partial charge in [-0.2, -0.15) is 0 Å². The van der Waals surface area contributed by atoms with Crippen LogP contribution in [0.1, 0.15) is 38.5 Å². The van der Waals surface area contributed by atoms with Crippen LogP contribution in [0.4, 0.5) is 0 Å². The minimum atomic E-state index is 0.0951. The van der Waals surface area contributed by atoms with Crippen LogP contribution in [0, 0.1) is 5.41 Å². The topological polar surface area (TPSA) is 55.6 Å². The molecule has 1 saturated carbocycles. The van der Waals surface area contributed by atoms with Gasteiger partial charge in [0.15, 0.2) is 0 Å². The first kappa shape index (κ1) is 10.9. The fourth-order valence-corrected chi connectivity index (χ4v) is 2.33. The van der Waals surface area contributed by atoms with E-state index in [0.29, 0.717) is 19.6 Å². The molecule has 0 bridgehead atoms. The molecule has 0 aromatic rings. The summed E-state index contributed by atoms with van der Waals surface area (Å²) in [5, 5.41) is 1.54. The number of amides is 1. The molecule has 1 heterocycles. The molecule has 1 aliphatic carbocycles. The van der Waals surface area contributed by atoms with Gasteiger partial charge in [0.1, 0.15) is 0 Å². The summed E-state index contributed by atoms with van der Waals surface area (Å²) < 4.78 is 0. The van der Waals surface area contributed by atoms with Crippen LogP contribution in [0.2, 0.25) is 0 Å². The summed E-state index contributed by atoms with van der Waals surface area (Å²) in [5.74, 6) is 0.125. The molecule has 0 aromatic heterocycles. The predicted molar refractivity (Wildman–Crippen MR) is 56.9 cm³/mol. The third-order valence-electron chi connectivity index (χ3n) is 3.65. The number of rotatable bonds is 3. The van der Waals surface area contributed by atoms with Gasteiger partial charge in [0.25, 0.3) is 0 Å². The maximum absolute atomic E-state index is 11.9. The molecule has 4 heteroatoms. The van der Waals surface area contributed by atoms with Crippen molar-refractivity contribution in [2.45, 2.75) is 38.5 Å². The van der Waals surface area contributed by atoms with Gasteiger partial charge in [-0.25, -0.2) is 5.06 Å². The first-order valence-electron chi connectivity index (χ1n) is 5.89. The fourth-order valence-electron chi connectivity index (χ4n) is 2.33. The molecule has 0 spiro atoms. The van der Waals surface area contributed by atoms with Crippen molar-refractivity contribution in [2.24, 2.45) is 11.1 Å². The summed E-state index contributed by atoms with van der Waals surface area (Å²) in [6, 6.07) is 0. The lowest BCUT2D eigenvalue weighted by molar-refractivity contribution is -0.200. The Bertz CT molecular complexity index is 227. The molecule has 0 radical (unpaired) electrons. The standard InChI is InChI=1S/C11H20N2O2/c12-9-11(4-3-5-11)8-10(14)13-6-1-2-7-15-13/h1-9,12H2. The zero-order valence-corrected chi connectivity index (χ0v) is 9.21. The zero-order chi connectivity index (χ0) is 10.7. The number of hydrogen-bond acceptors (Lipinski definition) is 3. The van der Waals surface area contributed by atoms with Crippen molar-refractivity contribution in [3.8, 4) is 0 Å². The number of nitrogens with zero attached hydrogens (tertiary/aromatic N) is 1. The highest BCUT2D eigenvalue weighted by molar-refractivity contribution is 5.76. The summed E-state index contributed by atoms with van der Waals surface area (Å²) in [6.07, 6.45) is 6.11. The minimum Gasteiger partial charge on any atom is -0.330 e. The second-order valence-electron chi connectivity index (χ2n) is 4.77. The third kappa shape index (κ3) is 2.32. The number of carbonyl (C=O) groups is 1. The maximum Gasteiger partial charge on any atom is 0.246 e. The second kappa shape index (κ2) is 4.49. The van der Waals surface area contributed by atoms with Gasteiger partial charge in [0.05, 0.1) is 6.61 Å². The smallest absolute Gasteiger partial charge is 0.246 e. The lowest BCUT2D eigenvalue weighted by Crippen LogP contribution is -2.44. The van der Waals surface area contributed by atoms with Crippen molar-refractivity contribution in [1.29, 1.82) is 0 Å². The van der Waals surface area contributed by atoms with Crippen LogP contribution in [-0.4, -0.2) is 30.7 Å². The molecule has 2 rings (SSSR count). The molecule has 1 amide bonds. The predicted octanol–water partition coefficient (Wildman–Crippen LogP) is 1.06. The second-order valence-corrected chi connectivity index (χ2v) is 4.77. The van der Waals surface area contributed by atoms with Gasteiger partial charge in [0, 0.05) is 13.0 Å². The first-order chi connectivity index (χ1) is 7.26. The van der Waals surface area contributed by atoms with E-state index >= 15 is 0 Å². The summed E-state index contributed by atoms with van der Waals surface area (Å²) in [4.78, 5) is 17.3. The highest BCUT2D eigenvalue weighted by atomic mass is 16.7. The Balaban J connectivity index is 1.85. The highest BCUT2D eigenvalue weighted by Gasteiger charge is 2.39. The molecule has 86 valence electrons. The van der Waals surface area contributed by atoms with Crippen molar-refractivity contribution in [2.75, 3.05) is 19.7 Å². The van der Waals surface area contributed by atoms with Crippen LogP contribution in [0.15, 0.2) is 0 Å². The van der Waals surface area contributed by atoms with E-state index in [1.165, 1.54) is 6.42 Å². The number of hydroxylamine groups is 2. The van der Waals surface area contributed by atoms with Crippen molar-refractivity contribution in [3.63, 3.8) is 0 Å². The van der Waals surface area contributed by atoms with Gasteiger partial charge >= 0.3 is 0 Å². The number of nitrogens with two attached hydrogens (primary N) is 1. The minimum absolute atomic E-state index is 0.0951. The van der Waals surface area contributed by atoms with Crippen LogP contribution >= 0.6 is 0 Å². The Hall–Kier alpha value is -0.610. The fraction of sp³-hybridized carbons (Fsp3) is 0.909. The molecule has 2 fully saturated rings. The number of carbonyl (C=O) groups excluding carboxylic acids is 1. The third-order valence-corrected chi connectivity index (χ3v) is 3.65. The normalized spacial score (nSPS) is 24.7. The first-order valence-corrected chi connectivity index (χ1v) is 5.89. The molecule has 4 nitrogen and oxygen atoms in total. The Labute approximate surface area is 90.7 Å². The van der Waals surface area contributed by atoms with E-state index in [4.69, 9.17) is 10.6 Å². The summed E-state index contributed by atoms with van der Waals surface area (Å²) in [7, 11) is 0. The van der Waals surface area contributed by atoms with Crippen LogP contribution in [0.3, 0.4) is 0 Å². The molecule has 2 aliphatic rings. The van der Waals surface area contributed by atoms with Gasteiger partial charge in [-0.1, -0.05) is 6.42 Å². The average Bonchev–Trinajstić information content (AvgIpc) is 2.24. The quantitative estimate of drug-likeness (QED) is 0.761. The SMILES string of the molecule is NCC1(CC(=O)N2CCCCO2)CCC1. The molecule has 1 saturated heterocycles. The molecule has 0 unspecified atom stereocenters. The molecule has 1 aliphatic heterocycles. The van der Waals surface area contributed by atoms with Crippen molar-refractivity contribution in [1.82, 2.24) is 5.06 Å². The van der Waals surface area contributed by atoms with E-state index in [9.17, 15) is 4.79 Å². The van der Waals surface area contributed by atoms with E-state index in [0.717, 1.165) is 32.2 Å². The van der Waals surface area contributed by atoms with Gasteiger partial charge in [0.2, 0.25) is 5.91 Å². The summed E-state index contributed by atoms with van der Waals surface area (Å²) >= 11 is 0. The van der Waals surface area contributed by atoms with Gasteiger partial charge in [-0.15, -0.1) is 0 Å². The van der Waals surface area contributed by atoms with Crippen molar-refractivity contribution >= 4 is 5.91 Å². The van der Waals surface area contributed by atoms with Gasteiger partial charge < -0.3 is 5.73 Å². The van der Waals surface area contributed by atoms with E-state index in [1.54, 1.807) is 5.06 Å². The highest BCUT2D eigenvalue weighted by Crippen LogP contribution is 2.43. The van der Waals surface area contributed by atoms with Crippen LogP contribution < -0.4 is 5.73 Å². The van der Waals surface area contributed by atoms with Crippen molar-refractivity contribution in [3.05, 3.63) is 0 Å². The van der Waals surface area contributed by atoms with E-state index in [2.05, 4.69) is 0 Å². The van der Waals surface area contributed by atoms with Crippen LogP contribution in [-0.2, 0) is 9.63 Å². The van der Waals surface area contributed by atoms with Gasteiger partial charge in [-0.3, -0.25) is 9.63 Å². The maximum atomic E-state index is 11.9. The Morgan fingerprint density at radius 3 is 2.60 bits per heavy atom. The largest absolute Gasteiger partial charge is 0.330 e. The molecular weight excluding hydrogens is 192 g/mol. The molecular formula is C11H20N2O2. The lowest BCUT2D eigenvalue weighted by atomic mass is 9.66. The summed E-state index contributed by atoms with van der Waals surface area (Å²) in [6.45, 7) is 2.06. The van der Waals surface area contributed by atoms with Crippen molar-refractivity contribution < 1.29 is 9.63 Å². The Morgan fingerprint density at radius 2 is 2.13 bits per heavy atom. The number of hydrogen-bond donors (Lipinski definition) is 1. The van der Waals surface area contributed by atoms with Crippen LogP contribution in [0.5, 0.6) is 0 Å². The average molecular weight is 212 g/mol. The van der Waals surface area contributed by atoms with E-state index < -0.39 is 0 Å². The lowest BCUT2D eigenvalue weighted by Gasteiger charge is -2.41. The molecule has 0 atom stereocenters. The zero-order valence-electron chi connectivity index (χ0n) is 9.21. The molecule has 0 aromatic carbocycles. The Kier molecular flexibility index (Phi) is 3.26. The van der Waals surface area contributed by atoms with E-state index in [-0.39, 0.29) is 11.3 Å². The molecule has 2 N–H and O–H groups in total. The van der Waals surface area contributed by atoms with Gasteiger partial charge in [-0.05, 0) is 37.6 Å². The van der Waals surface area contributed by atoms with E-state index in [1.807, 2.05) is 0 Å².